The van der Waals surface area contributed by atoms with E-state index >= 15 is 0 Å². The van der Waals surface area contributed by atoms with Gasteiger partial charge in [-0.25, -0.2) is 9.78 Å². The van der Waals surface area contributed by atoms with Crippen molar-refractivity contribution in [2.45, 2.75) is 0 Å². The minimum absolute atomic E-state index is 0.412. The van der Waals surface area contributed by atoms with E-state index in [4.69, 9.17) is 7.98 Å². The lowest BCUT2D eigenvalue weighted by Crippen LogP contribution is -2.10. The molecular weight excluding hydrogens is 117 g/mol. The van der Waals surface area contributed by atoms with Crippen LogP contribution in [0.3, 0.4) is 0 Å². The lowest BCUT2D eigenvalue weighted by Gasteiger charge is -1.94. The molecule has 1 rings (SSSR count). The SMILES string of the molecule is [B]Nc1ccnc(=O)[nH]1. The Morgan fingerprint density at radius 3 is 3.00 bits per heavy atom. The van der Waals surface area contributed by atoms with Gasteiger partial charge in [-0.1, -0.05) is 0 Å². The fourth-order valence-electron chi connectivity index (χ4n) is 0.453. The maximum atomic E-state index is 10.4. The fraction of sp³-hybridized carbons (Fsp3) is 0. The first-order chi connectivity index (χ1) is 4.33. The summed E-state index contributed by atoms with van der Waals surface area (Å²) in [6.45, 7) is 0. The van der Waals surface area contributed by atoms with E-state index in [1.165, 1.54) is 6.20 Å². The molecule has 0 aromatic carbocycles. The zero-order valence-corrected chi connectivity index (χ0v) is 4.59. The number of anilines is 1. The highest BCUT2D eigenvalue weighted by Gasteiger charge is 1.84. The van der Waals surface area contributed by atoms with E-state index in [-0.39, 0.29) is 0 Å². The zero-order valence-electron chi connectivity index (χ0n) is 4.59. The summed E-state index contributed by atoms with van der Waals surface area (Å²) in [5, 5.41) is 2.27. The van der Waals surface area contributed by atoms with Crippen molar-refractivity contribution in [1.82, 2.24) is 9.97 Å². The number of nitrogens with zero attached hydrogens (tertiary/aromatic N) is 1. The number of rotatable bonds is 1. The Morgan fingerprint density at radius 2 is 2.56 bits per heavy atom. The molecular formula is C4H4BN3O. The average molecular weight is 121 g/mol. The summed E-state index contributed by atoms with van der Waals surface area (Å²) >= 11 is 0. The standard InChI is InChI=1S/C4H4BN3O/c5-8-3-1-2-6-4(9)7-3/h1-2H,(H2,6,7,8,9). The summed E-state index contributed by atoms with van der Waals surface area (Å²) in [7, 11) is 4.97. The van der Waals surface area contributed by atoms with E-state index < -0.39 is 5.69 Å². The molecule has 0 aliphatic carbocycles. The molecule has 1 aromatic rings. The van der Waals surface area contributed by atoms with E-state index in [2.05, 4.69) is 15.2 Å². The summed E-state index contributed by atoms with van der Waals surface area (Å²) in [6, 6.07) is 1.56. The summed E-state index contributed by atoms with van der Waals surface area (Å²) in [5.41, 5.74) is -0.412. The minimum atomic E-state index is -0.412. The molecule has 9 heavy (non-hydrogen) atoms. The molecule has 1 aromatic heterocycles. The highest BCUT2D eigenvalue weighted by molar-refractivity contribution is 6.15. The van der Waals surface area contributed by atoms with Crippen molar-refractivity contribution in [2.75, 3.05) is 5.23 Å². The van der Waals surface area contributed by atoms with Crippen LogP contribution in [0.1, 0.15) is 0 Å². The molecule has 0 bridgehead atoms. The lowest BCUT2D eigenvalue weighted by atomic mass is 10.4. The van der Waals surface area contributed by atoms with Gasteiger partial charge in [0.05, 0.1) is 5.82 Å². The number of hydrogen-bond acceptors (Lipinski definition) is 3. The molecule has 0 aliphatic rings. The first-order valence-electron chi connectivity index (χ1n) is 2.35. The molecule has 0 fully saturated rings. The largest absolute Gasteiger partial charge is 0.424 e. The minimum Gasteiger partial charge on any atom is -0.424 e. The zero-order chi connectivity index (χ0) is 6.69. The van der Waals surface area contributed by atoms with Gasteiger partial charge in [0.15, 0.2) is 0 Å². The first-order valence-corrected chi connectivity index (χ1v) is 2.35. The molecule has 4 nitrogen and oxygen atoms in total. The van der Waals surface area contributed by atoms with Crippen LogP contribution in [-0.4, -0.2) is 17.9 Å². The molecule has 1 heterocycles. The molecule has 0 atom stereocenters. The summed E-state index contributed by atoms with van der Waals surface area (Å²) in [4.78, 5) is 16.1. The third-order valence-corrected chi connectivity index (χ3v) is 0.830. The Labute approximate surface area is 52.8 Å². The highest BCUT2D eigenvalue weighted by Crippen LogP contribution is 1.90. The van der Waals surface area contributed by atoms with Gasteiger partial charge >= 0.3 is 5.69 Å². The van der Waals surface area contributed by atoms with Gasteiger partial charge in [0, 0.05) is 6.20 Å². The maximum absolute atomic E-state index is 10.4. The third kappa shape index (κ3) is 1.32. The number of aromatic amines is 1. The van der Waals surface area contributed by atoms with Crippen LogP contribution in [0, 0.1) is 0 Å². The van der Waals surface area contributed by atoms with Crippen LogP contribution < -0.4 is 10.9 Å². The smallest absolute Gasteiger partial charge is 0.346 e. The van der Waals surface area contributed by atoms with E-state index in [0.29, 0.717) is 5.82 Å². The normalized spacial score (nSPS) is 8.89. The predicted molar refractivity (Wildman–Crippen MR) is 34.2 cm³/mol. The molecule has 2 radical (unpaired) electrons. The van der Waals surface area contributed by atoms with Crippen molar-refractivity contribution in [1.29, 1.82) is 0 Å². The van der Waals surface area contributed by atoms with E-state index in [0.717, 1.165) is 0 Å². The quantitative estimate of drug-likeness (QED) is 0.481. The maximum Gasteiger partial charge on any atom is 0.346 e. The number of nitrogens with one attached hydrogen (secondary N) is 2. The Hall–Kier alpha value is -1.26. The van der Waals surface area contributed by atoms with Gasteiger partial charge in [0.2, 0.25) is 7.98 Å². The van der Waals surface area contributed by atoms with E-state index in [1.807, 2.05) is 0 Å². The molecule has 44 valence electrons. The highest BCUT2D eigenvalue weighted by atomic mass is 16.1. The second-order valence-electron chi connectivity index (χ2n) is 1.43. The van der Waals surface area contributed by atoms with Gasteiger partial charge in [0.25, 0.3) is 0 Å². The topological polar surface area (TPSA) is 57.8 Å². The van der Waals surface area contributed by atoms with Crippen LogP contribution in [0.2, 0.25) is 0 Å². The number of aromatic nitrogens is 2. The van der Waals surface area contributed by atoms with Gasteiger partial charge in [0.1, 0.15) is 0 Å². The second kappa shape index (κ2) is 2.34. The van der Waals surface area contributed by atoms with Crippen LogP contribution in [0.25, 0.3) is 0 Å². The second-order valence-corrected chi connectivity index (χ2v) is 1.43. The number of H-pyrrole nitrogens is 1. The average Bonchev–Trinajstić information content (AvgIpc) is 1.88. The molecule has 0 unspecified atom stereocenters. The van der Waals surface area contributed by atoms with Gasteiger partial charge in [-0.15, -0.1) is 0 Å². The lowest BCUT2D eigenvalue weighted by molar-refractivity contribution is 1.08. The predicted octanol–water partition coefficient (Wildman–Crippen LogP) is -0.735. The fourth-order valence-corrected chi connectivity index (χ4v) is 0.453. The third-order valence-electron chi connectivity index (χ3n) is 0.830. The molecule has 0 saturated carbocycles. The van der Waals surface area contributed by atoms with Crippen LogP contribution in [0.5, 0.6) is 0 Å². The van der Waals surface area contributed by atoms with Crippen LogP contribution >= 0.6 is 0 Å². The Kier molecular flexibility index (Phi) is 1.53. The monoisotopic (exact) mass is 121 g/mol. The molecule has 2 N–H and O–H groups in total. The Bertz CT molecular complexity index is 246. The van der Waals surface area contributed by atoms with E-state index in [1.54, 1.807) is 6.07 Å². The summed E-state index contributed by atoms with van der Waals surface area (Å²) < 4.78 is 0. The Balaban J connectivity index is 3.08. The van der Waals surface area contributed by atoms with Crippen LogP contribution in [0.15, 0.2) is 17.1 Å². The van der Waals surface area contributed by atoms with Gasteiger partial charge < -0.3 is 5.23 Å². The van der Waals surface area contributed by atoms with Crippen molar-refractivity contribution in [3.63, 3.8) is 0 Å². The molecule has 0 saturated heterocycles. The van der Waals surface area contributed by atoms with Gasteiger partial charge in [-0.05, 0) is 6.07 Å². The summed E-state index contributed by atoms with van der Waals surface area (Å²) in [5.74, 6) is 0.454. The summed E-state index contributed by atoms with van der Waals surface area (Å²) in [6.07, 6.45) is 1.37. The van der Waals surface area contributed by atoms with Crippen molar-refractivity contribution >= 4 is 13.8 Å². The van der Waals surface area contributed by atoms with Crippen LogP contribution in [-0.2, 0) is 0 Å². The van der Waals surface area contributed by atoms with Crippen LogP contribution in [0.4, 0.5) is 5.82 Å². The number of hydrogen-bond donors (Lipinski definition) is 2. The molecule has 0 aliphatic heterocycles. The molecule has 0 amide bonds. The van der Waals surface area contributed by atoms with Crippen molar-refractivity contribution in [3.8, 4) is 0 Å². The van der Waals surface area contributed by atoms with Crippen molar-refractivity contribution in [3.05, 3.63) is 22.7 Å². The van der Waals surface area contributed by atoms with Crippen molar-refractivity contribution in [2.24, 2.45) is 0 Å². The van der Waals surface area contributed by atoms with Gasteiger partial charge in [-0.2, -0.15) is 0 Å². The van der Waals surface area contributed by atoms with E-state index in [9.17, 15) is 4.79 Å². The molecule has 5 heteroatoms. The molecule has 0 spiro atoms. The van der Waals surface area contributed by atoms with Gasteiger partial charge in [-0.3, -0.25) is 4.98 Å². The first kappa shape index (κ1) is 5.87. The Morgan fingerprint density at radius 1 is 1.78 bits per heavy atom. The van der Waals surface area contributed by atoms with Crippen molar-refractivity contribution < 1.29 is 0 Å².